The van der Waals surface area contributed by atoms with Gasteiger partial charge < -0.3 is 10.2 Å². The lowest BCUT2D eigenvalue weighted by molar-refractivity contribution is -0.117. The van der Waals surface area contributed by atoms with Crippen molar-refractivity contribution < 1.29 is 4.79 Å². The molecule has 138 valence electrons. The average molecular weight is 372 g/mol. The molecule has 0 spiro atoms. The van der Waals surface area contributed by atoms with Gasteiger partial charge in [-0.05, 0) is 49.3 Å². The number of amides is 1. The molecular weight excluding hydrogens is 348 g/mol. The van der Waals surface area contributed by atoms with Gasteiger partial charge in [-0.15, -0.1) is 11.8 Å². The third-order valence-corrected chi connectivity index (χ3v) is 5.33. The van der Waals surface area contributed by atoms with E-state index in [9.17, 15) is 9.59 Å². The number of nitrogens with zero attached hydrogens (tertiary/aromatic N) is 3. The smallest absolute Gasteiger partial charge is 0.267 e. The molecule has 1 amide bonds. The molecule has 1 aliphatic rings. The maximum absolute atomic E-state index is 12.3. The number of anilines is 2. The highest BCUT2D eigenvalue weighted by Crippen LogP contribution is 2.21. The van der Waals surface area contributed by atoms with Crippen LogP contribution < -0.4 is 15.8 Å². The van der Waals surface area contributed by atoms with Crippen LogP contribution in [-0.4, -0.2) is 35.0 Å². The van der Waals surface area contributed by atoms with Crippen LogP contribution in [0.25, 0.3) is 0 Å². The number of hydrogen-bond donors (Lipinski definition) is 1. The molecule has 0 saturated carbocycles. The topological polar surface area (TPSA) is 67.2 Å². The number of rotatable bonds is 5. The van der Waals surface area contributed by atoms with Crippen molar-refractivity contribution in [2.24, 2.45) is 5.92 Å². The van der Waals surface area contributed by atoms with Crippen LogP contribution in [0.4, 0.5) is 11.5 Å². The summed E-state index contributed by atoms with van der Waals surface area (Å²) >= 11 is 1.61. The molecule has 1 N–H and O–H groups in total. The summed E-state index contributed by atoms with van der Waals surface area (Å²) < 4.78 is 1.24. The normalized spacial score (nSPS) is 15.1. The van der Waals surface area contributed by atoms with E-state index in [2.05, 4.69) is 22.2 Å². The van der Waals surface area contributed by atoms with Crippen LogP contribution in [-0.2, 0) is 11.3 Å². The van der Waals surface area contributed by atoms with Crippen LogP contribution in [0.2, 0.25) is 0 Å². The Balaban J connectivity index is 1.69. The second-order valence-electron chi connectivity index (χ2n) is 6.64. The number of piperidine rings is 1. The van der Waals surface area contributed by atoms with E-state index in [1.165, 1.54) is 10.7 Å². The molecule has 2 aromatic rings. The van der Waals surface area contributed by atoms with E-state index in [0.29, 0.717) is 0 Å². The fraction of sp³-hybridized carbons (Fsp3) is 0.421. The summed E-state index contributed by atoms with van der Waals surface area (Å²) in [6.07, 6.45) is 4.22. The number of nitrogens with one attached hydrogen (secondary N) is 1. The molecule has 3 rings (SSSR count). The number of carbonyl (C=O) groups is 1. The second kappa shape index (κ2) is 8.40. The van der Waals surface area contributed by atoms with Gasteiger partial charge in [0.05, 0.1) is 0 Å². The summed E-state index contributed by atoms with van der Waals surface area (Å²) in [5, 5.41) is 7.23. The highest BCUT2D eigenvalue weighted by molar-refractivity contribution is 7.98. The summed E-state index contributed by atoms with van der Waals surface area (Å²) in [6, 6.07) is 10.8. The van der Waals surface area contributed by atoms with Crippen molar-refractivity contribution in [3.05, 3.63) is 46.8 Å². The molecule has 1 saturated heterocycles. The third kappa shape index (κ3) is 4.66. The summed E-state index contributed by atoms with van der Waals surface area (Å²) in [5.74, 6) is 1.22. The van der Waals surface area contributed by atoms with Gasteiger partial charge in [0.25, 0.3) is 5.56 Å². The molecular formula is C19H24N4O2S. The molecule has 7 heteroatoms. The molecule has 6 nitrogen and oxygen atoms in total. The van der Waals surface area contributed by atoms with Gasteiger partial charge in [-0.3, -0.25) is 9.59 Å². The van der Waals surface area contributed by atoms with E-state index in [1.54, 1.807) is 17.8 Å². The summed E-state index contributed by atoms with van der Waals surface area (Å²) in [4.78, 5) is 27.7. The first-order valence-corrected chi connectivity index (χ1v) is 10.0. The monoisotopic (exact) mass is 372 g/mol. The fourth-order valence-corrected chi connectivity index (χ4v) is 3.45. The molecule has 0 atom stereocenters. The Morgan fingerprint density at radius 1 is 1.27 bits per heavy atom. The van der Waals surface area contributed by atoms with Crippen molar-refractivity contribution in [1.29, 1.82) is 0 Å². The van der Waals surface area contributed by atoms with Crippen molar-refractivity contribution in [2.75, 3.05) is 29.6 Å². The van der Waals surface area contributed by atoms with Gasteiger partial charge >= 0.3 is 0 Å². The molecule has 0 bridgehead atoms. The zero-order valence-electron chi connectivity index (χ0n) is 15.1. The Kier molecular flexibility index (Phi) is 5.98. The van der Waals surface area contributed by atoms with Crippen LogP contribution in [0.1, 0.15) is 19.8 Å². The molecule has 0 unspecified atom stereocenters. The minimum atomic E-state index is -0.271. The van der Waals surface area contributed by atoms with Crippen LogP contribution in [0.5, 0.6) is 0 Å². The summed E-state index contributed by atoms with van der Waals surface area (Å²) in [5.41, 5.74) is 0.447. The zero-order chi connectivity index (χ0) is 18.5. The van der Waals surface area contributed by atoms with E-state index in [-0.39, 0.29) is 18.0 Å². The van der Waals surface area contributed by atoms with Crippen molar-refractivity contribution >= 4 is 29.2 Å². The van der Waals surface area contributed by atoms with Gasteiger partial charge in [-0.2, -0.15) is 5.10 Å². The number of hydrogen-bond acceptors (Lipinski definition) is 5. The van der Waals surface area contributed by atoms with Crippen LogP contribution >= 0.6 is 11.8 Å². The number of carbonyl (C=O) groups excluding carboxylic acids is 1. The quantitative estimate of drug-likeness (QED) is 0.818. The molecule has 1 aliphatic heterocycles. The Morgan fingerprint density at radius 2 is 2.04 bits per heavy atom. The zero-order valence-corrected chi connectivity index (χ0v) is 16.0. The fourth-order valence-electron chi connectivity index (χ4n) is 3.00. The largest absolute Gasteiger partial charge is 0.355 e. The highest BCUT2D eigenvalue weighted by atomic mass is 32.2. The Hall–Kier alpha value is -2.28. The third-order valence-electron chi connectivity index (χ3n) is 4.61. The van der Waals surface area contributed by atoms with Crippen molar-refractivity contribution in [2.45, 2.75) is 31.2 Å². The number of aromatic nitrogens is 2. The first kappa shape index (κ1) is 18.5. The predicted molar refractivity (Wildman–Crippen MR) is 106 cm³/mol. The van der Waals surface area contributed by atoms with E-state index in [0.717, 1.165) is 48.2 Å². The van der Waals surface area contributed by atoms with Gasteiger partial charge in [0.2, 0.25) is 5.91 Å². The molecule has 26 heavy (non-hydrogen) atoms. The molecule has 2 heterocycles. The minimum absolute atomic E-state index is 0.0968. The number of benzene rings is 1. The van der Waals surface area contributed by atoms with Gasteiger partial charge in [0.1, 0.15) is 12.4 Å². The van der Waals surface area contributed by atoms with Gasteiger partial charge in [0, 0.05) is 29.7 Å². The summed E-state index contributed by atoms with van der Waals surface area (Å²) in [7, 11) is 0. The maximum atomic E-state index is 12.3. The molecule has 1 fully saturated rings. The van der Waals surface area contributed by atoms with Crippen LogP contribution in [0, 0.1) is 5.92 Å². The van der Waals surface area contributed by atoms with E-state index in [4.69, 9.17) is 0 Å². The van der Waals surface area contributed by atoms with Gasteiger partial charge in [0.15, 0.2) is 0 Å². The van der Waals surface area contributed by atoms with E-state index in [1.807, 2.05) is 30.5 Å². The highest BCUT2D eigenvalue weighted by Gasteiger charge is 2.18. The SMILES string of the molecule is CSc1cccc(NC(=O)Cn2nc(N3CCC(C)CC3)ccc2=O)c1. The predicted octanol–water partition coefficient (Wildman–Crippen LogP) is 2.84. The van der Waals surface area contributed by atoms with Crippen molar-refractivity contribution in [1.82, 2.24) is 9.78 Å². The Morgan fingerprint density at radius 3 is 2.77 bits per heavy atom. The van der Waals surface area contributed by atoms with Gasteiger partial charge in [-0.25, -0.2) is 4.68 Å². The van der Waals surface area contributed by atoms with Crippen molar-refractivity contribution in [3.8, 4) is 0 Å². The average Bonchev–Trinajstić information content (AvgIpc) is 2.64. The molecule has 0 aliphatic carbocycles. The summed E-state index contributed by atoms with van der Waals surface area (Å²) in [6.45, 7) is 4.02. The minimum Gasteiger partial charge on any atom is -0.355 e. The van der Waals surface area contributed by atoms with Crippen LogP contribution in [0.15, 0.2) is 46.1 Å². The van der Waals surface area contributed by atoms with Crippen LogP contribution in [0.3, 0.4) is 0 Å². The lowest BCUT2D eigenvalue weighted by atomic mass is 9.99. The maximum Gasteiger partial charge on any atom is 0.267 e. The Bertz CT molecular complexity index is 828. The molecule has 1 aromatic carbocycles. The standard InChI is InChI=1S/C19H24N4O2S/c1-14-8-10-22(11-9-14)17-6-7-19(25)23(21-17)13-18(24)20-15-4-3-5-16(12-15)26-2/h3-7,12,14H,8-11,13H2,1-2H3,(H,20,24). The van der Waals surface area contributed by atoms with E-state index >= 15 is 0 Å². The lowest BCUT2D eigenvalue weighted by Crippen LogP contribution is -2.36. The Labute approximate surface area is 157 Å². The first-order valence-electron chi connectivity index (χ1n) is 8.82. The van der Waals surface area contributed by atoms with E-state index < -0.39 is 0 Å². The van der Waals surface area contributed by atoms with Crippen molar-refractivity contribution in [3.63, 3.8) is 0 Å². The first-order chi connectivity index (χ1) is 12.5. The van der Waals surface area contributed by atoms with Gasteiger partial charge in [-0.1, -0.05) is 13.0 Å². The molecule has 0 radical (unpaired) electrons. The second-order valence-corrected chi connectivity index (χ2v) is 7.52. The lowest BCUT2D eigenvalue weighted by Gasteiger charge is -2.31. The molecule has 1 aromatic heterocycles. The number of thioether (sulfide) groups is 1.